The molecular weight excluding hydrogens is 336 g/mol. The van der Waals surface area contributed by atoms with Gasteiger partial charge < -0.3 is 10.1 Å². The zero-order chi connectivity index (χ0) is 18.3. The summed E-state index contributed by atoms with van der Waals surface area (Å²) in [4.78, 5) is 0.265. The molecule has 0 heterocycles. The fourth-order valence-electron chi connectivity index (χ4n) is 2.41. The molecule has 0 unspecified atom stereocenters. The van der Waals surface area contributed by atoms with Crippen LogP contribution < -0.4 is 10.0 Å². The van der Waals surface area contributed by atoms with Crippen LogP contribution in [-0.2, 0) is 27.8 Å². The molecule has 0 bridgehead atoms. The first kappa shape index (κ1) is 19.6. The monoisotopic (exact) mass is 362 g/mol. The smallest absolute Gasteiger partial charge is 0.240 e. The number of rotatable bonds is 9. The van der Waals surface area contributed by atoms with Crippen molar-refractivity contribution in [2.45, 2.75) is 31.8 Å². The van der Waals surface area contributed by atoms with E-state index in [1.54, 1.807) is 12.1 Å². The molecule has 0 fully saturated rings. The van der Waals surface area contributed by atoms with Gasteiger partial charge in [-0.3, -0.25) is 0 Å². The second-order valence-electron chi connectivity index (χ2n) is 6.06. The zero-order valence-electron chi connectivity index (χ0n) is 15.0. The molecule has 2 aromatic rings. The Balaban J connectivity index is 1.88. The van der Waals surface area contributed by atoms with E-state index >= 15 is 0 Å². The molecule has 0 radical (unpaired) electrons. The largest absolute Gasteiger partial charge is 0.383 e. The number of hydrogen-bond acceptors (Lipinski definition) is 4. The minimum Gasteiger partial charge on any atom is -0.383 e. The molecule has 6 heteroatoms. The molecule has 0 saturated carbocycles. The van der Waals surface area contributed by atoms with Gasteiger partial charge in [0.05, 0.1) is 11.5 Å². The standard InChI is InChI=1S/C19H26N2O3S/c1-15-4-5-18(12-16(15)2)14-20-13-17-6-8-19(9-7-17)25(22,23)21-10-11-24-3/h4-9,12,20-21H,10-11,13-14H2,1-3H3. The van der Waals surface area contributed by atoms with Crippen molar-refractivity contribution in [3.63, 3.8) is 0 Å². The Morgan fingerprint density at radius 3 is 2.20 bits per heavy atom. The quantitative estimate of drug-likeness (QED) is 0.673. The van der Waals surface area contributed by atoms with Crippen LogP contribution in [0.25, 0.3) is 0 Å². The van der Waals surface area contributed by atoms with Crippen LogP contribution in [-0.4, -0.2) is 28.7 Å². The predicted octanol–water partition coefficient (Wildman–Crippen LogP) is 2.52. The summed E-state index contributed by atoms with van der Waals surface area (Å²) in [6, 6.07) is 13.4. The van der Waals surface area contributed by atoms with Crippen LogP contribution in [0.3, 0.4) is 0 Å². The molecule has 0 aromatic heterocycles. The topological polar surface area (TPSA) is 67.4 Å². The third-order valence-corrected chi connectivity index (χ3v) is 5.54. The van der Waals surface area contributed by atoms with Crippen LogP contribution in [0.2, 0.25) is 0 Å². The number of hydrogen-bond donors (Lipinski definition) is 2. The van der Waals surface area contributed by atoms with Crippen molar-refractivity contribution in [1.29, 1.82) is 0 Å². The van der Waals surface area contributed by atoms with Crippen LogP contribution in [0, 0.1) is 13.8 Å². The van der Waals surface area contributed by atoms with E-state index in [0.717, 1.165) is 12.1 Å². The third kappa shape index (κ3) is 5.93. The molecule has 2 rings (SSSR count). The SMILES string of the molecule is COCCNS(=O)(=O)c1ccc(CNCc2ccc(C)c(C)c2)cc1. The molecule has 0 spiro atoms. The number of methoxy groups -OCH3 is 1. The Bertz CT molecular complexity index is 787. The average molecular weight is 362 g/mol. The van der Waals surface area contributed by atoms with E-state index in [1.807, 2.05) is 12.1 Å². The molecule has 25 heavy (non-hydrogen) atoms. The summed E-state index contributed by atoms with van der Waals surface area (Å²) >= 11 is 0. The highest BCUT2D eigenvalue weighted by atomic mass is 32.2. The summed E-state index contributed by atoms with van der Waals surface area (Å²) in [7, 11) is -1.94. The van der Waals surface area contributed by atoms with Gasteiger partial charge in [0.25, 0.3) is 0 Å². The second kappa shape index (κ2) is 9.10. The highest BCUT2D eigenvalue weighted by Gasteiger charge is 2.12. The molecule has 2 aromatic carbocycles. The average Bonchev–Trinajstić information content (AvgIpc) is 2.59. The molecular formula is C19H26N2O3S. The number of sulfonamides is 1. The number of benzene rings is 2. The lowest BCUT2D eigenvalue weighted by Crippen LogP contribution is -2.27. The van der Waals surface area contributed by atoms with E-state index in [0.29, 0.717) is 13.2 Å². The Morgan fingerprint density at radius 1 is 0.920 bits per heavy atom. The van der Waals surface area contributed by atoms with Crippen LogP contribution in [0.5, 0.6) is 0 Å². The third-order valence-electron chi connectivity index (χ3n) is 4.06. The molecule has 0 amide bonds. The number of aryl methyl sites for hydroxylation is 2. The molecule has 136 valence electrons. The molecule has 2 N–H and O–H groups in total. The van der Waals surface area contributed by atoms with Gasteiger partial charge in [0.2, 0.25) is 10.0 Å². The Kier molecular flexibility index (Phi) is 7.13. The Labute approximate surface area is 150 Å². The van der Waals surface area contributed by atoms with E-state index in [-0.39, 0.29) is 11.4 Å². The summed E-state index contributed by atoms with van der Waals surface area (Å²) in [6.45, 7) is 6.28. The maximum atomic E-state index is 12.1. The number of nitrogens with one attached hydrogen (secondary N) is 2. The van der Waals surface area contributed by atoms with Gasteiger partial charge in [0.15, 0.2) is 0 Å². The van der Waals surface area contributed by atoms with Crippen LogP contribution in [0.1, 0.15) is 22.3 Å². The summed E-state index contributed by atoms with van der Waals surface area (Å²) in [5.41, 5.74) is 4.86. The van der Waals surface area contributed by atoms with Gasteiger partial charge >= 0.3 is 0 Å². The highest BCUT2D eigenvalue weighted by Crippen LogP contribution is 2.12. The van der Waals surface area contributed by atoms with Crippen molar-refractivity contribution in [2.75, 3.05) is 20.3 Å². The maximum absolute atomic E-state index is 12.1. The van der Waals surface area contributed by atoms with Gasteiger partial charge in [-0.15, -0.1) is 0 Å². The molecule has 0 aliphatic heterocycles. The predicted molar refractivity (Wildman–Crippen MR) is 100.0 cm³/mol. The first-order valence-corrected chi connectivity index (χ1v) is 9.75. The summed E-state index contributed by atoms with van der Waals surface area (Å²) < 4.78 is 31.5. The molecule has 0 atom stereocenters. The van der Waals surface area contributed by atoms with E-state index in [2.05, 4.69) is 42.1 Å². The van der Waals surface area contributed by atoms with Crippen molar-refractivity contribution >= 4 is 10.0 Å². The lowest BCUT2D eigenvalue weighted by Gasteiger charge is -2.09. The summed E-state index contributed by atoms with van der Waals surface area (Å²) in [5, 5.41) is 3.38. The van der Waals surface area contributed by atoms with Crippen molar-refractivity contribution in [2.24, 2.45) is 0 Å². The van der Waals surface area contributed by atoms with Crippen molar-refractivity contribution in [3.8, 4) is 0 Å². The van der Waals surface area contributed by atoms with E-state index < -0.39 is 10.0 Å². The Morgan fingerprint density at radius 2 is 1.56 bits per heavy atom. The van der Waals surface area contributed by atoms with Gasteiger partial charge in [-0.1, -0.05) is 30.3 Å². The van der Waals surface area contributed by atoms with Crippen LogP contribution in [0.15, 0.2) is 47.4 Å². The summed E-state index contributed by atoms with van der Waals surface area (Å²) in [6.07, 6.45) is 0. The maximum Gasteiger partial charge on any atom is 0.240 e. The van der Waals surface area contributed by atoms with Gasteiger partial charge in [0, 0.05) is 26.7 Å². The van der Waals surface area contributed by atoms with Crippen LogP contribution >= 0.6 is 0 Å². The lowest BCUT2D eigenvalue weighted by molar-refractivity contribution is 0.204. The summed E-state index contributed by atoms with van der Waals surface area (Å²) in [5.74, 6) is 0. The molecule has 0 saturated heterocycles. The lowest BCUT2D eigenvalue weighted by atomic mass is 10.1. The minimum atomic E-state index is -3.47. The van der Waals surface area contributed by atoms with E-state index in [9.17, 15) is 8.42 Å². The second-order valence-corrected chi connectivity index (χ2v) is 7.82. The van der Waals surface area contributed by atoms with E-state index in [1.165, 1.54) is 23.8 Å². The van der Waals surface area contributed by atoms with Crippen molar-refractivity contribution < 1.29 is 13.2 Å². The van der Waals surface area contributed by atoms with Crippen molar-refractivity contribution in [3.05, 3.63) is 64.7 Å². The minimum absolute atomic E-state index is 0.262. The molecule has 0 aliphatic rings. The first-order chi connectivity index (χ1) is 11.9. The zero-order valence-corrected chi connectivity index (χ0v) is 15.8. The first-order valence-electron chi connectivity index (χ1n) is 8.27. The highest BCUT2D eigenvalue weighted by molar-refractivity contribution is 7.89. The molecule has 0 aliphatic carbocycles. The molecule has 5 nitrogen and oxygen atoms in total. The van der Waals surface area contributed by atoms with Crippen molar-refractivity contribution in [1.82, 2.24) is 10.0 Å². The van der Waals surface area contributed by atoms with Gasteiger partial charge in [-0.05, 0) is 48.2 Å². The fraction of sp³-hybridized carbons (Fsp3) is 0.368. The van der Waals surface area contributed by atoms with Gasteiger partial charge in [0.1, 0.15) is 0 Å². The van der Waals surface area contributed by atoms with Crippen LogP contribution in [0.4, 0.5) is 0 Å². The number of ether oxygens (including phenoxy) is 1. The van der Waals surface area contributed by atoms with Gasteiger partial charge in [-0.25, -0.2) is 13.1 Å². The van der Waals surface area contributed by atoms with Gasteiger partial charge in [-0.2, -0.15) is 0 Å². The van der Waals surface area contributed by atoms with E-state index in [4.69, 9.17) is 4.74 Å². The fourth-order valence-corrected chi connectivity index (χ4v) is 3.43. The Hall–Kier alpha value is -1.73. The normalized spacial score (nSPS) is 11.6.